The van der Waals surface area contributed by atoms with Crippen molar-refractivity contribution in [3.63, 3.8) is 0 Å². The topological polar surface area (TPSA) is 33.2 Å². The first-order valence-corrected chi connectivity index (χ1v) is 5.40. The summed E-state index contributed by atoms with van der Waals surface area (Å²) >= 11 is 1.56. The van der Waals surface area contributed by atoms with Gasteiger partial charge in [-0.1, -0.05) is 0 Å². The lowest BCUT2D eigenvalue weighted by molar-refractivity contribution is 0.111. The van der Waals surface area contributed by atoms with Crippen LogP contribution in [-0.4, -0.2) is 23.9 Å². The maximum Gasteiger partial charge on any atom is 0.186 e. The molecule has 3 nitrogen and oxygen atoms in total. The highest BCUT2D eigenvalue weighted by Gasteiger charge is 2.29. The lowest BCUT2D eigenvalue weighted by Gasteiger charge is -2.18. The third kappa shape index (κ3) is 1.72. The second-order valence-corrected chi connectivity index (χ2v) is 4.03. The van der Waals surface area contributed by atoms with Gasteiger partial charge in [0.2, 0.25) is 0 Å². The highest BCUT2D eigenvalue weighted by Crippen LogP contribution is 2.32. The lowest BCUT2D eigenvalue weighted by atomic mass is 10.5. The molecule has 0 bridgehead atoms. The number of thiazole rings is 1. The highest BCUT2D eigenvalue weighted by atomic mass is 32.1. The summed E-state index contributed by atoms with van der Waals surface area (Å²) in [5.74, 6) is 0. The van der Waals surface area contributed by atoms with E-state index in [0.29, 0.717) is 11.7 Å². The quantitative estimate of drug-likeness (QED) is 0.690. The Morgan fingerprint density at radius 2 is 2.54 bits per heavy atom. The van der Waals surface area contributed by atoms with Crippen molar-refractivity contribution >= 4 is 22.8 Å². The fraction of sp³-hybridized carbons (Fsp3) is 0.556. The van der Waals surface area contributed by atoms with Crippen LogP contribution in [0, 0.1) is 0 Å². The van der Waals surface area contributed by atoms with E-state index in [1.165, 1.54) is 12.8 Å². The summed E-state index contributed by atoms with van der Waals surface area (Å²) in [5.41, 5.74) is 0.555. The molecule has 13 heavy (non-hydrogen) atoms. The second-order valence-electron chi connectivity index (χ2n) is 3.19. The van der Waals surface area contributed by atoms with Crippen LogP contribution in [0.4, 0.5) is 5.13 Å². The smallest absolute Gasteiger partial charge is 0.186 e. The molecular formula is C9H12N2OS. The van der Waals surface area contributed by atoms with Crippen molar-refractivity contribution in [2.45, 2.75) is 25.8 Å². The summed E-state index contributed by atoms with van der Waals surface area (Å²) < 4.78 is 0. The van der Waals surface area contributed by atoms with Crippen molar-refractivity contribution in [3.05, 3.63) is 11.1 Å². The molecule has 0 unspecified atom stereocenters. The molecule has 0 amide bonds. The predicted molar refractivity (Wildman–Crippen MR) is 53.5 cm³/mol. The van der Waals surface area contributed by atoms with Crippen molar-refractivity contribution < 1.29 is 4.79 Å². The van der Waals surface area contributed by atoms with E-state index >= 15 is 0 Å². The molecular weight excluding hydrogens is 184 g/mol. The molecule has 4 heteroatoms. The summed E-state index contributed by atoms with van der Waals surface area (Å²) in [6.45, 7) is 3.11. The monoisotopic (exact) mass is 196 g/mol. The number of carbonyl (C=O) groups excluding carboxylic acids is 1. The van der Waals surface area contributed by atoms with E-state index in [9.17, 15) is 4.79 Å². The summed E-state index contributed by atoms with van der Waals surface area (Å²) in [7, 11) is 0. The maximum atomic E-state index is 10.4. The van der Waals surface area contributed by atoms with Crippen LogP contribution in [0.15, 0.2) is 5.38 Å². The molecule has 1 aliphatic rings. The minimum absolute atomic E-state index is 0.555. The Balaban J connectivity index is 2.16. The van der Waals surface area contributed by atoms with Gasteiger partial charge < -0.3 is 4.90 Å². The molecule has 0 saturated heterocycles. The summed E-state index contributed by atoms with van der Waals surface area (Å²) in [6.07, 6.45) is 3.34. The van der Waals surface area contributed by atoms with Crippen LogP contribution < -0.4 is 4.90 Å². The Hall–Kier alpha value is -0.900. The summed E-state index contributed by atoms with van der Waals surface area (Å²) in [5, 5.41) is 2.81. The molecule has 0 spiro atoms. The minimum atomic E-state index is 0.555. The Labute approximate surface area is 81.4 Å². The van der Waals surface area contributed by atoms with Crippen LogP contribution in [0.5, 0.6) is 0 Å². The molecule has 0 N–H and O–H groups in total. The minimum Gasteiger partial charge on any atom is -0.345 e. The van der Waals surface area contributed by atoms with Gasteiger partial charge in [0, 0.05) is 18.0 Å². The number of hydrogen-bond donors (Lipinski definition) is 0. The van der Waals surface area contributed by atoms with Gasteiger partial charge in [-0.2, -0.15) is 0 Å². The average molecular weight is 196 g/mol. The second kappa shape index (κ2) is 3.46. The number of nitrogens with zero attached hydrogens (tertiary/aromatic N) is 2. The van der Waals surface area contributed by atoms with Gasteiger partial charge >= 0.3 is 0 Å². The van der Waals surface area contributed by atoms with Crippen molar-refractivity contribution in [3.8, 4) is 0 Å². The zero-order valence-corrected chi connectivity index (χ0v) is 8.38. The number of anilines is 1. The van der Waals surface area contributed by atoms with E-state index in [1.807, 2.05) is 5.38 Å². The molecule has 0 atom stereocenters. The van der Waals surface area contributed by atoms with Crippen LogP contribution in [0.3, 0.4) is 0 Å². The van der Waals surface area contributed by atoms with Gasteiger partial charge in [0.05, 0.1) is 0 Å². The molecule has 1 saturated carbocycles. The van der Waals surface area contributed by atoms with Gasteiger partial charge in [0.1, 0.15) is 5.69 Å². The maximum absolute atomic E-state index is 10.4. The highest BCUT2D eigenvalue weighted by molar-refractivity contribution is 7.13. The molecule has 0 aromatic carbocycles. The lowest BCUT2D eigenvalue weighted by Crippen LogP contribution is -2.24. The summed E-state index contributed by atoms with van der Waals surface area (Å²) in [4.78, 5) is 17.0. The number of aromatic nitrogens is 1. The Kier molecular flexibility index (Phi) is 2.31. The van der Waals surface area contributed by atoms with Crippen LogP contribution in [0.25, 0.3) is 0 Å². The van der Waals surface area contributed by atoms with Crippen molar-refractivity contribution in [1.29, 1.82) is 0 Å². The van der Waals surface area contributed by atoms with Crippen LogP contribution in [0.2, 0.25) is 0 Å². The first-order chi connectivity index (χ1) is 6.35. The van der Waals surface area contributed by atoms with Gasteiger partial charge in [-0.3, -0.25) is 4.79 Å². The van der Waals surface area contributed by atoms with E-state index in [2.05, 4.69) is 16.8 Å². The SMILES string of the molecule is CCN(c1nc(C=O)cs1)C1CC1. The van der Waals surface area contributed by atoms with Gasteiger partial charge in [0.15, 0.2) is 11.4 Å². The van der Waals surface area contributed by atoms with E-state index in [-0.39, 0.29) is 0 Å². The molecule has 1 aromatic heterocycles. The summed E-state index contributed by atoms with van der Waals surface area (Å²) in [6, 6.07) is 0.677. The Morgan fingerprint density at radius 3 is 3.00 bits per heavy atom. The predicted octanol–water partition coefficient (Wildman–Crippen LogP) is 1.94. The van der Waals surface area contributed by atoms with Crippen molar-refractivity contribution in [2.24, 2.45) is 0 Å². The standard InChI is InChI=1S/C9H12N2OS/c1-2-11(8-3-4-8)9-10-7(5-12)6-13-9/h5-6,8H,2-4H2,1H3. The first-order valence-electron chi connectivity index (χ1n) is 4.52. The van der Waals surface area contributed by atoms with E-state index in [0.717, 1.165) is 18.0 Å². The van der Waals surface area contributed by atoms with Crippen LogP contribution in [0.1, 0.15) is 30.3 Å². The fourth-order valence-corrected chi connectivity index (χ4v) is 2.30. The van der Waals surface area contributed by atoms with E-state index in [1.54, 1.807) is 11.3 Å². The van der Waals surface area contributed by atoms with Crippen LogP contribution in [-0.2, 0) is 0 Å². The van der Waals surface area contributed by atoms with Crippen molar-refractivity contribution in [1.82, 2.24) is 4.98 Å². The molecule has 0 radical (unpaired) electrons. The Morgan fingerprint density at radius 1 is 1.77 bits per heavy atom. The number of rotatable bonds is 4. The van der Waals surface area contributed by atoms with Crippen LogP contribution >= 0.6 is 11.3 Å². The molecule has 70 valence electrons. The average Bonchev–Trinajstić information content (AvgIpc) is 2.85. The van der Waals surface area contributed by atoms with Crippen molar-refractivity contribution in [2.75, 3.05) is 11.4 Å². The van der Waals surface area contributed by atoms with Gasteiger partial charge in [-0.05, 0) is 19.8 Å². The number of hydrogen-bond acceptors (Lipinski definition) is 4. The normalized spacial score (nSPS) is 15.8. The third-order valence-electron chi connectivity index (χ3n) is 2.20. The molecule has 1 aromatic rings. The number of aldehydes is 1. The Bertz CT molecular complexity index is 306. The zero-order valence-electron chi connectivity index (χ0n) is 7.56. The number of carbonyl (C=O) groups is 1. The molecule has 2 rings (SSSR count). The van der Waals surface area contributed by atoms with E-state index < -0.39 is 0 Å². The molecule has 1 heterocycles. The third-order valence-corrected chi connectivity index (χ3v) is 3.10. The largest absolute Gasteiger partial charge is 0.345 e. The fourth-order valence-electron chi connectivity index (χ4n) is 1.40. The molecule has 0 aliphatic heterocycles. The van der Waals surface area contributed by atoms with Gasteiger partial charge in [-0.25, -0.2) is 4.98 Å². The van der Waals surface area contributed by atoms with E-state index in [4.69, 9.17) is 0 Å². The van der Waals surface area contributed by atoms with Gasteiger partial charge in [0.25, 0.3) is 0 Å². The first kappa shape index (κ1) is 8.69. The molecule has 1 aliphatic carbocycles. The molecule has 1 fully saturated rings. The zero-order chi connectivity index (χ0) is 9.26. The van der Waals surface area contributed by atoms with Gasteiger partial charge in [-0.15, -0.1) is 11.3 Å².